The zero-order chi connectivity index (χ0) is 10.1. The van der Waals surface area contributed by atoms with Crippen molar-refractivity contribution in [2.75, 3.05) is 6.26 Å². The first-order chi connectivity index (χ1) is 6.77. The Morgan fingerprint density at radius 2 is 2.29 bits per heavy atom. The van der Waals surface area contributed by atoms with Gasteiger partial charge in [0.15, 0.2) is 0 Å². The molecule has 0 radical (unpaired) electrons. The van der Waals surface area contributed by atoms with E-state index in [1.165, 1.54) is 23.4 Å². The van der Waals surface area contributed by atoms with Crippen molar-refractivity contribution in [3.8, 4) is 0 Å². The molecule has 1 heterocycles. The Labute approximate surface area is 110 Å². The molecule has 0 spiro atoms. The number of alkyl halides is 1. The molecule has 1 aromatic heterocycles. The first-order valence-corrected chi connectivity index (χ1v) is 7.73. The van der Waals surface area contributed by atoms with Gasteiger partial charge in [-0.1, -0.05) is 18.2 Å². The minimum atomic E-state index is 0.599. The lowest BCUT2D eigenvalue weighted by atomic mass is 10.2. The maximum absolute atomic E-state index is 5.91. The molecule has 14 heavy (non-hydrogen) atoms. The number of thioether (sulfide) groups is 1. The number of fused-ring (bicyclic) bond motifs is 1. The van der Waals surface area contributed by atoms with Crippen molar-refractivity contribution in [2.24, 2.45) is 0 Å². The van der Waals surface area contributed by atoms with E-state index in [0.717, 1.165) is 0 Å². The molecule has 0 unspecified atom stereocenters. The van der Waals surface area contributed by atoms with Gasteiger partial charge in [-0.25, -0.2) is 0 Å². The van der Waals surface area contributed by atoms with Gasteiger partial charge in [0.1, 0.15) is 0 Å². The van der Waals surface area contributed by atoms with Gasteiger partial charge in [-0.2, -0.15) is 0 Å². The standard InChI is InChI=1S/C10H8ClIS2/c1-13-10-8(12)7-4-2-3-6(5-11)9(7)14-10/h2-4H,5H2,1H3. The van der Waals surface area contributed by atoms with E-state index >= 15 is 0 Å². The summed E-state index contributed by atoms with van der Waals surface area (Å²) in [4.78, 5) is 0. The van der Waals surface area contributed by atoms with Gasteiger partial charge in [0.25, 0.3) is 0 Å². The molecule has 2 aromatic rings. The lowest BCUT2D eigenvalue weighted by Gasteiger charge is -1.96. The molecule has 0 atom stereocenters. The molecular formula is C10H8ClIS2. The maximum Gasteiger partial charge on any atom is 0.0742 e. The molecule has 0 N–H and O–H groups in total. The van der Waals surface area contributed by atoms with Crippen LogP contribution in [0.3, 0.4) is 0 Å². The lowest BCUT2D eigenvalue weighted by Crippen LogP contribution is -1.76. The fourth-order valence-electron chi connectivity index (χ4n) is 1.36. The average Bonchev–Trinajstić information content (AvgIpc) is 2.55. The van der Waals surface area contributed by atoms with Crippen LogP contribution in [-0.4, -0.2) is 6.26 Å². The number of benzene rings is 1. The molecule has 4 heteroatoms. The Kier molecular flexibility index (Phi) is 3.63. The number of hydrogen-bond acceptors (Lipinski definition) is 2. The quantitative estimate of drug-likeness (QED) is 0.417. The zero-order valence-electron chi connectivity index (χ0n) is 7.51. The van der Waals surface area contributed by atoms with Crippen molar-refractivity contribution in [1.82, 2.24) is 0 Å². The Hall–Kier alpha value is 0.550. The van der Waals surface area contributed by atoms with Crippen LogP contribution >= 0.6 is 57.3 Å². The summed E-state index contributed by atoms with van der Waals surface area (Å²) in [6.45, 7) is 0. The van der Waals surface area contributed by atoms with Crippen molar-refractivity contribution in [3.05, 3.63) is 27.3 Å². The van der Waals surface area contributed by atoms with E-state index in [0.29, 0.717) is 5.88 Å². The van der Waals surface area contributed by atoms with Gasteiger partial charge in [-0.15, -0.1) is 34.7 Å². The molecule has 0 saturated heterocycles. The van der Waals surface area contributed by atoms with Crippen molar-refractivity contribution >= 4 is 67.4 Å². The summed E-state index contributed by atoms with van der Waals surface area (Å²) in [5, 5.41) is 1.35. The highest BCUT2D eigenvalue weighted by molar-refractivity contribution is 14.1. The molecule has 0 bridgehead atoms. The lowest BCUT2D eigenvalue weighted by molar-refractivity contribution is 1.47. The van der Waals surface area contributed by atoms with Crippen LogP contribution < -0.4 is 0 Å². The second-order valence-electron chi connectivity index (χ2n) is 2.84. The van der Waals surface area contributed by atoms with Gasteiger partial charge in [-0.05, 0) is 34.4 Å². The highest BCUT2D eigenvalue weighted by Gasteiger charge is 2.10. The van der Waals surface area contributed by atoms with Gasteiger partial charge < -0.3 is 0 Å². The van der Waals surface area contributed by atoms with Crippen LogP contribution in [0.4, 0.5) is 0 Å². The molecule has 0 aliphatic rings. The Morgan fingerprint density at radius 3 is 2.93 bits per heavy atom. The molecule has 0 nitrogen and oxygen atoms in total. The highest BCUT2D eigenvalue weighted by atomic mass is 127. The average molecular weight is 355 g/mol. The molecule has 1 aromatic carbocycles. The predicted molar refractivity (Wildman–Crippen MR) is 75.9 cm³/mol. The highest BCUT2D eigenvalue weighted by Crippen LogP contribution is 2.39. The summed E-state index contributed by atoms with van der Waals surface area (Å²) in [7, 11) is 0. The molecular weight excluding hydrogens is 347 g/mol. The van der Waals surface area contributed by atoms with Crippen LogP contribution in [0.5, 0.6) is 0 Å². The molecule has 0 fully saturated rings. The molecule has 74 valence electrons. The number of halogens is 2. The molecule has 0 aliphatic carbocycles. The Balaban J connectivity index is 2.77. The third kappa shape index (κ3) is 1.79. The van der Waals surface area contributed by atoms with Crippen molar-refractivity contribution < 1.29 is 0 Å². The van der Waals surface area contributed by atoms with E-state index in [1.54, 1.807) is 0 Å². The van der Waals surface area contributed by atoms with E-state index in [1.807, 2.05) is 23.1 Å². The first-order valence-electron chi connectivity index (χ1n) is 4.07. The maximum atomic E-state index is 5.91. The molecule has 0 saturated carbocycles. The van der Waals surface area contributed by atoms with Crippen LogP contribution in [0.2, 0.25) is 0 Å². The van der Waals surface area contributed by atoms with Crippen LogP contribution in [0.15, 0.2) is 22.4 Å². The predicted octanol–water partition coefficient (Wildman–Crippen LogP) is 4.97. The summed E-state index contributed by atoms with van der Waals surface area (Å²) in [6, 6.07) is 6.36. The summed E-state index contributed by atoms with van der Waals surface area (Å²) < 4.78 is 4.09. The van der Waals surface area contributed by atoms with E-state index < -0.39 is 0 Å². The van der Waals surface area contributed by atoms with E-state index in [-0.39, 0.29) is 0 Å². The Morgan fingerprint density at radius 1 is 1.50 bits per heavy atom. The van der Waals surface area contributed by atoms with Gasteiger partial charge in [0, 0.05) is 19.5 Å². The molecule has 0 amide bonds. The van der Waals surface area contributed by atoms with Gasteiger partial charge in [0.05, 0.1) is 4.21 Å². The summed E-state index contributed by atoms with van der Waals surface area (Å²) in [5.41, 5.74) is 1.24. The normalized spacial score (nSPS) is 11.1. The fourth-order valence-corrected chi connectivity index (χ4v) is 5.10. The molecule has 0 aliphatic heterocycles. The van der Waals surface area contributed by atoms with Crippen LogP contribution in [0.1, 0.15) is 5.56 Å². The van der Waals surface area contributed by atoms with Crippen molar-refractivity contribution in [1.29, 1.82) is 0 Å². The largest absolute Gasteiger partial charge is 0.127 e. The van der Waals surface area contributed by atoms with E-state index in [4.69, 9.17) is 11.6 Å². The fraction of sp³-hybridized carbons (Fsp3) is 0.200. The second kappa shape index (κ2) is 4.60. The van der Waals surface area contributed by atoms with Crippen molar-refractivity contribution in [2.45, 2.75) is 10.1 Å². The third-order valence-electron chi connectivity index (χ3n) is 2.04. The number of thiophene rings is 1. The van der Waals surface area contributed by atoms with Crippen molar-refractivity contribution in [3.63, 3.8) is 0 Å². The smallest absolute Gasteiger partial charge is 0.0742 e. The SMILES string of the molecule is CSc1sc2c(CCl)cccc2c1I. The summed E-state index contributed by atoms with van der Waals surface area (Å²) in [6.07, 6.45) is 2.12. The van der Waals surface area contributed by atoms with Gasteiger partial charge >= 0.3 is 0 Å². The summed E-state index contributed by atoms with van der Waals surface area (Å²) in [5.74, 6) is 0.599. The minimum absolute atomic E-state index is 0.599. The third-order valence-corrected chi connectivity index (χ3v) is 6.58. The zero-order valence-corrected chi connectivity index (χ0v) is 12.1. The van der Waals surface area contributed by atoms with Crippen LogP contribution in [0, 0.1) is 3.57 Å². The second-order valence-corrected chi connectivity index (χ2v) is 6.28. The minimum Gasteiger partial charge on any atom is -0.127 e. The van der Waals surface area contributed by atoms with E-state index in [9.17, 15) is 0 Å². The Bertz CT molecular complexity index is 464. The van der Waals surface area contributed by atoms with Gasteiger partial charge in [0.2, 0.25) is 0 Å². The van der Waals surface area contributed by atoms with E-state index in [2.05, 4.69) is 47.0 Å². The topological polar surface area (TPSA) is 0 Å². The first kappa shape index (κ1) is 11.0. The monoisotopic (exact) mass is 354 g/mol. The number of rotatable bonds is 2. The van der Waals surface area contributed by atoms with Crippen LogP contribution in [-0.2, 0) is 5.88 Å². The van der Waals surface area contributed by atoms with Crippen LogP contribution in [0.25, 0.3) is 10.1 Å². The van der Waals surface area contributed by atoms with Gasteiger partial charge in [-0.3, -0.25) is 0 Å². The number of hydrogen-bond donors (Lipinski definition) is 0. The summed E-state index contributed by atoms with van der Waals surface area (Å²) >= 11 is 12.0. The molecule has 2 rings (SSSR count).